The Hall–Kier alpha value is -0.970. The first-order valence-corrected chi connectivity index (χ1v) is 7.09. The molecule has 0 aromatic carbocycles. The molecule has 0 spiro atoms. The quantitative estimate of drug-likeness (QED) is 0.726. The van der Waals surface area contributed by atoms with Crippen LogP contribution in [-0.4, -0.2) is 47.0 Å². The number of amides is 2. The van der Waals surface area contributed by atoms with E-state index in [1.807, 2.05) is 10.3 Å². The summed E-state index contributed by atoms with van der Waals surface area (Å²) >= 11 is 1.47. The van der Waals surface area contributed by atoms with Crippen LogP contribution in [0.1, 0.15) is 26.7 Å². The van der Waals surface area contributed by atoms with E-state index in [0.29, 0.717) is 5.75 Å². The maximum absolute atomic E-state index is 12.0. The van der Waals surface area contributed by atoms with Gasteiger partial charge in [-0.25, -0.2) is 0 Å². The first kappa shape index (κ1) is 14.1. The number of hydrogen-bond donors (Lipinski definition) is 0. The van der Waals surface area contributed by atoms with Gasteiger partial charge in [0.15, 0.2) is 0 Å². The fourth-order valence-electron chi connectivity index (χ4n) is 1.69. The van der Waals surface area contributed by atoms with Crippen molar-refractivity contribution in [3.05, 3.63) is 11.6 Å². The molecule has 96 valence electrons. The Balaban J connectivity index is 2.53. The highest BCUT2D eigenvalue weighted by molar-refractivity contribution is 8.02. The Labute approximate surface area is 107 Å². The maximum Gasteiger partial charge on any atom is 0.242 e. The van der Waals surface area contributed by atoms with Crippen LogP contribution in [0.2, 0.25) is 0 Å². The minimum absolute atomic E-state index is 0.0128. The Bertz CT molecular complexity index is 299. The van der Waals surface area contributed by atoms with E-state index in [1.54, 1.807) is 6.20 Å². The van der Waals surface area contributed by atoms with E-state index < -0.39 is 0 Å². The molecule has 5 heteroatoms. The van der Waals surface area contributed by atoms with Gasteiger partial charge in [-0.1, -0.05) is 13.8 Å². The smallest absolute Gasteiger partial charge is 0.242 e. The molecule has 1 heterocycles. The molecule has 0 unspecified atom stereocenters. The van der Waals surface area contributed by atoms with E-state index in [2.05, 4.69) is 13.8 Å². The molecule has 4 nitrogen and oxygen atoms in total. The number of carbonyl (C=O) groups is 2. The molecule has 0 saturated carbocycles. The number of nitrogens with zero attached hydrogens (tertiary/aromatic N) is 2. The molecule has 0 bridgehead atoms. The molecule has 2 amide bonds. The molecule has 0 aromatic rings. The van der Waals surface area contributed by atoms with E-state index in [4.69, 9.17) is 0 Å². The van der Waals surface area contributed by atoms with Crippen LogP contribution in [0.3, 0.4) is 0 Å². The standard InChI is InChI=1S/C12H20N2O2S/c1-3-5-13(6-4-2)11(15)9-14-7-8-17-10-12(14)16/h7-8H,3-6,9-10H2,1-2H3. The predicted molar refractivity (Wildman–Crippen MR) is 70.5 cm³/mol. The summed E-state index contributed by atoms with van der Waals surface area (Å²) in [4.78, 5) is 26.9. The van der Waals surface area contributed by atoms with Crippen molar-refractivity contribution in [1.29, 1.82) is 0 Å². The summed E-state index contributed by atoms with van der Waals surface area (Å²) in [7, 11) is 0. The largest absolute Gasteiger partial charge is 0.341 e. The fourth-order valence-corrected chi connectivity index (χ4v) is 2.33. The highest BCUT2D eigenvalue weighted by Gasteiger charge is 2.20. The Kier molecular flexibility index (Phi) is 6.11. The minimum atomic E-state index is 0.0128. The van der Waals surface area contributed by atoms with E-state index in [9.17, 15) is 9.59 Å². The molecule has 0 aliphatic carbocycles. The maximum atomic E-state index is 12.0. The summed E-state index contributed by atoms with van der Waals surface area (Å²) in [5.74, 6) is 0.489. The molecule has 0 atom stereocenters. The van der Waals surface area contributed by atoms with Crippen molar-refractivity contribution in [2.75, 3.05) is 25.4 Å². The summed E-state index contributed by atoms with van der Waals surface area (Å²) < 4.78 is 0. The zero-order chi connectivity index (χ0) is 12.7. The Morgan fingerprint density at radius 1 is 1.41 bits per heavy atom. The van der Waals surface area contributed by atoms with Crippen molar-refractivity contribution in [3.8, 4) is 0 Å². The van der Waals surface area contributed by atoms with Crippen molar-refractivity contribution in [2.45, 2.75) is 26.7 Å². The molecule has 0 saturated heterocycles. The van der Waals surface area contributed by atoms with E-state index in [1.165, 1.54) is 16.7 Å². The van der Waals surface area contributed by atoms with Gasteiger partial charge in [0.2, 0.25) is 11.8 Å². The molecule has 1 aliphatic heterocycles. The van der Waals surface area contributed by atoms with Crippen LogP contribution in [0, 0.1) is 0 Å². The Morgan fingerprint density at radius 2 is 2.06 bits per heavy atom. The highest BCUT2D eigenvalue weighted by atomic mass is 32.2. The summed E-state index contributed by atoms with van der Waals surface area (Å²) in [6, 6.07) is 0. The molecule has 0 fully saturated rings. The lowest BCUT2D eigenvalue weighted by Gasteiger charge is -2.26. The van der Waals surface area contributed by atoms with Gasteiger partial charge in [-0.15, -0.1) is 11.8 Å². The topological polar surface area (TPSA) is 40.6 Å². The third kappa shape index (κ3) is 4.42. The van der Waals surface area contributed by atoms with E-state index in [0.717, 1.165) is 25.9 Å². The van der Waals surface area contributed by atoms with Crippen LogP contribution in [-0.2, 0) is 9.59 Å². The van der Waals surface area contributed by atoms with Crippen LogP contribution >= 0.6 is 11.8 Å². The van der Waals surface area contributed by atoms with Gasteiger partial charge < -0.3 is 9.80 Å². The number of hydrogen-bond acceptors (Lipinski definition) is 3. The van der Waals surface area contributed by atoms with Crippen molar-refractivity contribution in [3.63, 3.8) is 0 Å². The molecular weight excluding hydrogens is 236 g/mol. The van der Waals surface area contributed by atoms with Gasteiger partial charge in [0, 0.05) is 19.3 Å². The molecule has 17 heavy (non-hydrogen) atoms. The molecule has 1 aliphatic rings. The predicted octanol–water partition coefficient (Wildman–Crippen LogP) is 1.68. The third-order valence-corrected chi connectivity index (χ3v) is 3.24. The molecule has 0 aromatic heterocycles. The molecule has 0 N–H and O–H groups in total. The van der Waals surface area contributed by atoms with Crippen LogP contribution < -0.4 is 0 Å². The van der Waals surface area contributed by atoms with Gasteiger partial charge in [-0.3, -0.25) is 9.59 Å². The van der Waals surface area contributed by atoms with Crippen molar-refractivity contribution >= 4 is 23.6 Å². The van der Waals surface area contributed by atoms with Gasteiger partial charge in [-0.2, -0.15) is 0 Å². The lowest BCUT2D eigenvalue weighted by Crippen LogP contribution is -2.42. The lowest BCUT2D eigenvalue weighted by atomic mass is 10.3. The van der Waals surface area contributed by atoms with Crippen molar-refractivity contribution in [2.24, 2.45) is 0 Å². The second kappa shape index (κ2) is 7.37. The summed E-state index contributed by atoms with van der Waals surface area (Å²) in [6.07, 6.45) is 3.60. The molecule has 1 rings (SSSR count). The first-order valence-electron chi connectivity index (χ1n) is 6.04. The van der Waals surface area contributed by atoms with Crippen LogP contribution in [0.15, 0.2) is 11.6 Å². The van der Waals surface area contributed by atoms with Gasteiger partial charge in [-0.05, 0) is 18.2 Å². The Morgan fingerprint density at radius 3 is 2.59 bits per heavy atom. The second-order valence-electron chi connectivity index (χ2n) is 4.00. The number of thioether (sulfide) groups is 1. The lowest BCUT2D eigenvalue weighted by molar-refractivity contribution is -0.137. The van der Waals surface area contributed by atoms with Gasteiger partial charge >= 0.3 is 0 Å². The van der Waals surface area contributed by atoms with Gasteiger partial charge in [0.1, 0.15) is 6.54 Å². The SMILES string of the molecule is CCCN(CCC)C(=O)CN1C=CSCC1=O. The van der Waals surface area contributed by atoms with E-state index >= 15 is 0 Å². The average Bonchev–Trinajstić information content (AvgIpc) is 2.32. The highest BCUT2D eigenvalue weighted by Crippen LogP contribution is 2.12. The van der Waals surface area contributed by atoms with Crippen molar-refractivity contribution in [1.82, 2.24) is 9.80 Å². The first-order chi connectivity index (χ1) is 8.19. The normalized spacial score (nSPS) is 15.2. The number of carbonyl (C=O) groups excluding carboxylic acids is 2. The zero-order valence-electron chi connectivity index (χ0n) is 10.5. The van der Waals surface area contributed by atoms with Gasteiger partial charge in [0.05, 0.1) is 5.75 Å². The molecule has 0 radical (unpaired) electrons. The molecular formula is C12H20N2O2S. The monoisotopic (exact) mass is 256 g/mol. The number of rotatable bonds is 6. The van der Waals surface area contributed by atoms with Crippen LogP contribution in [0.5, 0.6) is 0 Å². The fraction of sp³-hybridized carbons (Fsp3) is 0.667. The zero-order valence-corrected chi connectivity index (χ0v) is 11.3. The van der Waals surface area contributed by atoms with E-state index in [-0.39, 0.29) is 18.4 Å². The summed E-state index contributed by atoms with van der Waals surface area (Å²) in [5, 5.41) is 1.86. The van der Waals surface area contributed by atoms with Gasteiger partial charge in [0.25, 0.3) is 0 Å². The third-order valence-electron chi connectivity index (χ3n) is 2.51. The average molecular weight is 256 g/mol. The summed E-state index contributed by atoms with van der Waals surface area (Å²) in [6.45, 7) is 5.83. The second-order valence-corrected chi connectivity index (χ2v) is 4.89. The van der Waals surface area contributed by atoms with Crippen molar-refractivity contribution < 1.29 is 9.59 Å². The summed E-state index contributed by atoms with van der Waals surface area (Å²) in [5.41, 5.74) is 0. The van der Waals surface area contributed by atoms with Crippen LogP contribution in [0.25, 0.3) is 0 Å². The minimum Gasteiger partial charge on any atom is -0.341 e. The van der Waals surface area contributed by atoms with Crippen LogP contribution in [0.4, 0.5) is 0 Å².